The molecule has 0 unspecified atom stereocenters. The van der Waals surface area contributed by atoms with Gasteiger partial charge in [-0.15, -0.1) is 0 Å². The Balaban J connectivity index is 1.58. The van der Waals surface area contributed by atoms with E-state index in [1.54, 1.807) is 6.92 Å². The second-order valence-corrected chi connectivity index (χ2v) is 4.86. The molecule has 1 aromatic heterocycles. The second-order valence-electron chi connectivity index (χ2n) is 4.86. The molecule has 1 aromatic carbocycles. The number of aromatic nitrogens is 2. The van der Waals surface area contributed by atoms with Gasteiger partial charge in [-0.1, -0.05) is 17.3 Å². The van der Waals surface area contributed by atoms with Crippen LogP contribution < -0.4 is 4.74 Å². The Hall–Kier alpha value is -1.88. The minimum Gasteiger partial charge on any atom is -0.485 e. The van der Waals surface area contributed by atoms with Gasteiger partial charge in [0, 0.05) is 5.92 Å². The van der Waals surface area contributed by atoms with E-state index in [2.05, 4.69) is 10.1 Å². The van der Waals surface area contributed by atoms with Gasteiger partial charge in [-0.05, 0) is 37.5 Å². The largest absolute Gasteiger partial charge is 0.485 e. The Labute approximate surface area is 111 Å². The minimum absolute atomic E-state index is 0.296. The van der Waals surface area contributed by atoms with Crippen LogP contribution in [0.5, 0.6) is 5.75 Å². The van der Waals surface area contributed by atoms with Gasteiger partial charge in [0.05, 0.1) is 6.10 Å². The zero-order valence-corrected chi connectivity index (χ0v) is 10.7. The molecule has 100 valence electrons. The Bertz CT molecular complexity index is 544. The number of hydrogen-bond acceptors (Lipinski definition) is 5. The first-order valence-electron chi connectivity index (χ1n) is 6.45. The molecule has 1 atom stereocenters. The van der Waals surface area contributed by atoms with Gasteiger partial charge >= 0.3 is 0 Å². The zero-order valence-electron chi connectivity index (χ0n) is 10.7. The average molecular weight is 260 g/mol. The van der Waals surface area contributed by atoms with Crippen LogP contribution in [0.1, 0.15) is 49.1 Å². The third kappa shape index (κ3) is 2.93. The van der Waals surface area contributed by atoms with Crippen LogP contribution in [0.2, 0.25) is 0 Å². The summed E-state index contributed by atoms with van der Waals surface area (Å²) in [7, 11) is 0. The number of hydrogen-bond donors (Lipinski definition) is 1. The second kappa shape index (κ2) is 5.01. The Morgan fingerprint density at radius 3 is 2.74 bits per heavy atom. The number of ether oxygens (including phenoxy) is 1. The molecule has 0 amide bonds. The lowest BCUT2D eigenvalue weighted by molar-refractivity contribution is 0.199. The van der Waals surface area contributed by atoms with E-state index in [4.69, 9.17) is 9.26 Å². The third-order valence-electron chi connectivity index (χ3n) is 3.14. The van der Waals surface area contributed by atoms with Crippen molar-refractivity contribution < 1.29 is 14.4 Å². The molecule has 0 aliphatic heterocycles. The van der Waals surface area contributed by atoms with Gasteiger partial charge in [0.25, 0.3) is 0 Å². The van der Waals surface area contributed by atoms with Gasteiger partial charge in [-0.25, -0.2) is 0 Å². The number of aliphatic hydroxyl groups is 1. The molecule has 0 bridgehead atoms. The van der Waals surface area contributed by atoms with E-state index < -0.39 is 6.10 Å². The van der Waals surface area contributed by atoms with Crippen LogP contribution in [0.15, 0.2) is 28.8 Å². The first kappa shape index (κ1) is 12.2. The third-order valence-corrected chi connectivity index (χ3v) is 3.14. The number of benzene rings is 1. The maximum absolute atomic E-state index is 9.41. The predicted molar refractivity (Wildman–Crippen MR) is 67.7 cm³/mol. The molecule has 1 heterocycles. The maximum Gasteiger partial charge on any atom is 0.229 e. The number of rotatable bonds is 5. The molecule has 5 nitrogen and oxygen atoms in total. The average Bonchev–Trinajstić information content (AvgIpc) is 3.16. The first-order valence-corrected chi connectivity index (χ1v) is 6.45. The van der Waals surface area contributed by atoms with Gasteiger partial charge in [0.15, 0.2) is 6.61 Å². The van der Waals surface area contributed by atoms with Crippen LogP contribution in [0.4, 0.5) is 0 Å². The molecule has 0 spiro atoms. The van der Waals surface area contributed by atoms with Gasteiger partial charge in [-0.3, -0.25) is 0 Å². The summed E-state index contributed by atoms with van der Waals surface area (Å²) in [6.45, 7) is 2.03. The van der Waals surface area contributed by atoms with E-state index in [0.717, 1.165) is 30.0 Å². The van der Waals surface area contributed by atoms with Crippen LogP contribution in [0, 0.1) is 0 Å². The lowest BCUT2D eigenvalue weighted by atomic mass is 10.1. The highest BCUT2D eigenvalue weighted by Gasteiger charge is 2.29. The lowest BCUT2D eigenvalue weighted by Gasteiger charge is -2.06. The van der Waals surface area contributed by atoms with Crippen molar-refractivity contribution in [2.45, 2.75) is 38.4 Å². The van der Waals surface area contributed by atoms with Crippen LogP contribution >= 0.6 is 0 Å². The van der Waals surface area contributed by atoms with Crippen molar-refractivity contribution in [1.82, 2.24) is 10.1 Å². The summed E-state index contributed by atoms with van der Waals surface area (Å²) < 4.78 is 10.7. The van der Waals surface area contributed by atoms with E-state index in [1.165, 1.54) is 0 Å². The Kier molecular flexibility index (Phi) is 3.21. The molecule has 1 aliphatic carbocycles. The molecule has 19 heavy (non-hydrogen) atoms. The molecule has 1 saturated carbocycles. The predicted octanol–water partition coefficient (Wildman–Crippen LogP) is 2.58. The zero-order chi connectivity index (χ0) is 13.2. The maximum atomic E-state index is 9.41. The van der Waals surface area contributed by atoms with Gasteiger partial charge in [0.2, 0.25) is 11.7 Å². The fraction of sp³-hybridized carbons (Fsp3) is 0.429. The molecule has 3 rings (SSSR count). The molecule has 5 heteroatoms. The van der Waals surface area contributed by atoms with Crippen molar-refractivity contribution in [3.05, 3.63) is 41.5 Å². The quantitative estimate of drug-likeness (QED) is 0.894. The molecule has 1 fully saturated rings. The minimum atomic E-state index is -0.465. The highest BCUT2D eigenvalue weighted by atomic mass is 16.5. The monoisotopic (exact) mass is 260 g/mol. The van der Waals surface area contributed by atoms with Crippen molar-refractivity contribution in [3.63, 3.8) is 0 Å². The van der Waals surface area contributed by atoms with E-state index in [9.17, 15) is 5.11 Å². The summed E-state index contributed by atoms with van der Waals surface area (Å²) in [5, 5.41) is 13.3. The van der Waals surface area contributed by atoms with E-state index in [1.807, 2.05) is 24.3 Å². The first-order chi connectivity index (χ1) is 9.22. The highest BCUT2D eigenvalue weighted by Crippen LogP contribution is 2.38. The van der Waals surface area contributed by atoms with Crippen LogP contribution in [-0.4, -0.2) is 15.2 Å². The van der Waals surface area contributed by atoms with E-state index >= 15 is 0 Å². The van der Waals surface area contributed by atoms with Crippen LogP contribution in [-0.2, 0) is 6.61 Å². The fourth-order valence-corrected chi connectivity index (χ4v) is 1.81. The van der Waals surface area contributed by atoms with Crippen molar-refractivity contribution in [2.24, 2.45) is 0 Å². The fourth-order valence-electron chi connectivity index (χ4n) is 1.81. The Morgan fingerprint density at radius 2 is 2.11 bits per heavy atom. The molecule has 0 radical (unpaired) electrons. The molecule has 1 aliphatic rings. The standard InChI is InChI=1S/C14H16N2O3/c1-9(17)10-4-6-12(7-5-10)18-8-13-15-14(19-16-13)11-2-3-11/h4-7,9,11,17H,2-3,8H2,1H3/t9-/m1/s1. The number of nitrogens with zero attached hydrogens (tertiary/aromatic N) is 2. The van der Waals surface area contributed by atoms with Gasteiger partial charge < -0.3 is 14.4 Å². The molecular weight excluding hydrogens is 244 g/mol. The molecule has 2 aromatic rings. The summed E-state index contributed by atoms with van der Waals surface area (Å²) >= 11 is 0. The van der Waals surface area contributed by atoms with Gasteiger partial charge in [-0.2, -0.15) is 4.98 Å². The SMILES string of the molecule is C[C@@H](O)c1ccc(OCc2noc(C3CC3)n2)cc1. The molecule has 1 N–H and O–H groups in total. The molecular formula is C14H16N2O3. The smallest absolute Gasteiger partial charge is 0.229 e. The van der Waals surface area contributed by atoms with Crippen molar-refractivity contribution >= 4 is 0 Å². The summed E-state index contributed by atoms with van der Waals surface area (Å²) in [6.07, 6.45) is 1.82. The summed E-state index contributed by atoms with van der Waals surface area (Å²) in [6, 6.07) is 7.32. The van der Waals surface area contributed by atoms with Crippen molar-refractivity contribution in [2.75, 3.05) is 0 Å². The normalized spacial score (nSPS) is 16.3. The van der Waals surface area contributed by atoms with Crippen LogP contribution in [0.25, 0.3) is 0 Å². The Morgan fingerprint density at radius 1 is 1.37 bits per heavy atom. The van der Waals surface area contributed by atoms with Crippen LogP contribution in [0.3, 0.4) is 0 Å². The topological polar surface area (TPSA) is 68.4 Å². The van der Waals surface area contributed by atoms with Gasteiger partial charge in [0.1, 0.15) is 5.75 Å². The number of aliphatic hydroxyl groups excluding tert-OH is 1. The summed E-state index contributed by atoms with van der Waals surface area (Å²) in [5.74, 6) is 2.48. The molecule has 0 saturated heterocycles. The van der Waals surface area contributed by atoms with Crippen molar-refractivity contribution in [1.29, 1.82) is 0 Å². The van der Waals surface area contributed by atoms with E-state index in [0.29, 0.717) is 18.3 Å². The van der Waals surface area contributed by atoms with Crippen molar-refractivity contribution in [3.8, 4) is 5.75 Å². The van der Waals surface area contributed by atoms with E-state index in [-0.39, 0.29) is 0 Å². The summed E-state index contributed by atoms with van der Waals surface area (Å²) in [4.78, 5) is 4.29. The summed E-state index contributed by atoms with van der Waals surface area (Å²) in [5.41, 5.74) is 0.864. The highest BCUT2D eigenvalue weighted by molar-refractivity contribution is 5.28. The lowest BCUT2D eigenvalue weighted by Crippen LogP contribution is -1.98.